The highest BCUT2D eigenvalue weighted by atomic mass is 19.1. The molecule has 1 saturated carbocycles. The van der Waals surface area contributed by atoms with Gasteiger partial charge < -0.3 is 10.0 Å². The van der Waals surface area contributed by atoms with E-state index < -0.39 is 0 Å². The van der Waals surface area contributed by atoms with Crippen LogP contribution in [-0.4, -0.2) is 34.6 Å². The monoisotopic (exact) mass is 291 g/mol. The number of carbonyl (C=O) groups excluding carboxylic acids is 1. The number of hydrogen-bond acceptors (Lipinski definition) is 2. The summed E-state index contributed by atoms with van der Waals surface area (Å²) in [6, 6.07) is 6.90. The molecule has 4 atom stereocenters. The van der Waals surface area contributed by atoms with Gasteiger partial charge in [-0.15, -0.1) is 0 Å². The van der Waals surface area contributed by atoms with Crippen LogP contribution in [0.25, 0.3) is 0 Å². The van der Waals surface area contributed by atoms with E-state index in [1.165, 1.54) is 6.07 Å². The Morgan fingerprint density at radius 2 is 2.24 bits per heavy atom. The fraction of sp³-hybridized carbons (Fsp3) is 0.588. The van der Waals surface area contributed by atoms with Gasteiger partial charge in [0, 0.05) is 18.5 Å². The predicted molar refractivity (Wildman–Crippen MR) is 78.3 cm³/mol. The molecule has 3 nitrogen and oxygen atoms in total. The van der Waals surface area contributed by atoms with Crippen molar-refractivity contribution in [3.63, 3.8) is 0 Å². The second-order valence-corrected chi connectivity index (χ2v) is 6.38. The van der Waals surface area contributed by atoms with Crippen LogP contribution in [-0.2, 0) is 4.79 Å². The molecule has 1 aromatic rings. The fourth-order valence-corrected chi connectivity index (χ4v) is 3.57. The highest BCUT2D eigenvalue weighted by Crippen LogP contribution is 2.49. The van der Waals surface area contributed by atoms with E-state index in [0.717, 1.165) is 25.8 Å². The number of amides is 1. The summed E-state index contributed by atoms with van der Waals surface area (Å²) < 4.78 is 13.8. The van der Waals surface area contributed by atoms with Crippen molar-refractivity contribution in [2.24, 2.45) is 5.92 Å². The van der Waals surface area contributed by atoms with Gasteiger partial charge in [0.15, 0.2) is 0 Å². The average molecular weight is 291 g/mol. The third-order valence-corrected chi connectivity index (χ3v) is 4.69. The summed E-state index contributed by atoms with van der Waals surface area (Å²) in [5.41, 5.74) is 0.669. The van der Waals surface area contributed by atoms with Crippen molar-refractivity contribution < 1.29 is 14.3 Å². The summed E-state index contributed by atoms with van der Waals surface area (Å²) in [5, 5.41) is 9.55. The molecule has 4 unspecified atom stereocenters. The van der Waals surface area contributed by atoms with Gasteiger partial charge in [0.1, 0.15) is 5.82 Å². The van der Waals surface area contributed by atoms with Crippen LogP contribution in [0.2, 0.25) is 0 Å². The number of nitrogens with zero attached hydrogens (tertiary/aromatic N) is 1. The van der Waals surface area contributed by atoms with Crippen molar-refractivity contribution in [3.05, 3.63) is 35.6 Å². The molecular formula is C17H22FNO2. The summed E-state index contributed by atoms with van der Waals surface area (Å²) >= 11 is 0. The lowest BCUT2D eigenvalue weighted by molar-refractivity contribution is -0.133. The Morgan fingerprint density at radius 3 is 2.95 bits per heavy atom. The number of aliphatic hydroxyl groups is 1. The predicted octanol–water partition coefficient (Wildman–Crippen LogP) is 2.69. The van der Waals surface area contributed by atoms with Crippen molar-refractivity contribution in [2.75, 3.05) is 6.54 Å². The van der Waals surface area contributed by atoms with E-state index in [4.69, 9.17) is 0 Å². The minimum Gasteiger partial charge on any atom is -0.393 e. The summed E-state index contributed by atoms with van der Waals surface area (Å²) in [4.78, 5) is 14.5. The molecule has 1 aliphatic carbocycles. The SMILES string of the molecule is CC(O)CC1CCCN1C(=O)C1CC1c1ccccc1F. The molecule has 3 rings (SSSR count). The second-order valence-electron chi connectivity index (χ2n) is 6.38. The number of rotatable bonds is 4. The van der Waals surface area contributed by atoms with E-state index in [2.05, 4.69) is 0 Å². The van der Waals surface area contributed by atoms with Crippen molar-refractivity contribution in [1.82, 2.24) is 4.90 Å². The Hall–Kier alpha value is -1.42. The van der Waals surface area contributed by atoms with Crippen LogP contribution in [0.3, 0.4) is 0 Å². The van der Waals surface area contributed by atoms with Gasteiger partial charge in [0.05, 0.1) is 6.10 Å². The van der Waals surface area contributed by atoms with E-state index in [1.54, 1.807) is 19.1 Å². The molecule has 2 aliphatic rings. The van der Waals surface area contributed by atoms with Crippen LogP contribution in [0.1, 0.15) is 44.1 Å². The zero-order chi connectivity index (χ0) is 15.0. The van der Waals surface area contributed by atoms with E-state index in [0.29, 0.717) is 12.0 Å². The molecule has 1 aromatic carbocycles. The highest BCUT2D eigenvalue weighted by Gasteiger charge is 2.48. The number of likely N-dealkylation sites (tertiary alicyclic amines) is 1. The molecule has 0 bridgehead atoms. The van der Waals surface area contributed by atoms with Crippen LogP contribution in [0, 0.1) is 11.7 Å². The first-order valence-electron chi connectivity index (χ1n) is 7.81. The first-order valence-corrected chi connectivity index (χ1v) is 7.81. The van der Waals surface area contributed by atoms with Crippen molar-refractivity contribution in [1.29, 1.82) is 0 Å². The van der Waals surface area contributed by atoms with Crippen molar-refractivity contribution in [3.8, 4) is 0 Å². The molecule has 4 heteroatoms. The third kappa shape index (κ3) is 2.95. The van der Waals surface area contributed by atoms with Gasteiger partial charge in [0.2, 0.25) is 5.91 Å². The minimum absolute atomic E-state index is 0.0338. The van der Waals surface area contributed by atoms with Crippen LogP contribution >= 0.6 is 0 Å². The first kappa shape index (κ1) is 14.5. The molecule has 0 aromatic heterocycles. The summed E-state index contributed by atoms with van der Waals surface area (Å²) in [7, 11) is 0. The van der Waals surface area contributed by atoms with Crippen LogP contribution in [0.4, 0.5) is 4.39 Å². The van der Waals surface area contributed by atoms with E-state index in [-0.39, 0.29) is 35.7 Å². The van der Waals surface area contributed by atoms with E-state index in [9.17, 15) is 14.3 Å². The molecule has 0 radical (unpaired) electrons. The van der Waals surface area contributed by atoms with E-state index >= 15 is 0 Å². The number of benzene rings is 1. The van der Waals surface area contributed by atoms with Gasteiger partial charge in [-0.1, -0.05) is 18.2 Å². The van der Waals surface area contributed by atoms with Gasteiger partial charge in [-0.2, -0.15) is 0 Å². The second kappa shape index (κ2) is 5.76. The number of hydrogen-bond donors (Lipinski definition) is 1. The zero-order valence-electron chi connectivity index (χ0n) is 12.3. The molecular weight excluding hydrogens is 269 g/mol. The van der Waals surface area contributed by atoms with Crippen LogP contribution < -0.4 is 0 Å². The van der Waals surface area contributed by atoms with Gasteiger partial charge in [-0.05, 0) is 50.2 Å². The van der Waals surface area contributed by atoms with Gasteiger partial charge in [0.25, 0.3) is 0 Å². The Labute approximate surface area is 124 Å². The fourth-order valence-electron chi connectivity index (χ4n) is 3.57. The molecule has 0 spiro atoms. The van der Waals surface area contributed by atoms with Gasteiger partial charge >= 0.3 is 0 Å². The quantitative estimate of drug-likeness (QED) is 0.926. The summed E-state index contributed by atoms with van der Waals surface area (Å²) in [6.45, 7) is 2.54. The largest absolute Gasteiger partial charge is 0.393 e. The lowest BCUT2D eigenvalue weighted by Crippen LogP contribution is -2.38. The number of aliphatic hydroxyl groups excluding tert-OH is 1. The standard InChI is InChI=1S/C17H22FNO2/c1-11(20)9-12-5-4-8-19(12)17(21)15-10-14(15)13-6-2-3-7-16(13)18/h2-3,6-7,11-12,14-15,20H,4-5,8-10H2,1H3. The molecule has 1 saturated heterocycles. The average Bonchev–Trinajstić information content (AvgIpc) is 3.10. The molecule has 2 fully saturated rings. The molecule has 1 N–H and O–H groups in total. The van der Waals surface area contributed by atoms with Crippen LogP contribution in [0.5, 0.6) is 0 Å². The number of halogens is 1. The lowest BCUT2D eigenvalue weighted by Gasteiger charge is -2.26. The summed E-state index contributed by atoms with van der Waals surface area (Å²) in [6.07, 6.45) is 2.97. The Morgan fingerprint density at radius 1 is 1.48 bits per heavy atom. The van der Waals surface area contributed by atoms with Gasteiger partial charge in [-0.25, -0.2) is 4.39 Å². The summed E-state index contributed by atoms with van der Waals surface area (Å²) in [5.74, 6) is -0.103. The van der Waals surface area contributed by atoms with Crippen molar-refractivity contribution in [2.45, 2.75) is 50.7 Å². The molecule has 1 heterocycles. The first-order chi connectivity index (χ1) is 10.1. The van der Waals surface area contributed by atoms with Crippen molar-refractivity contribution >= 4 is 5.91 Å². The van der Waals surface area contributed by atoms with Gasteiger partial charge in [-0.3, -0.25) is 4.79 Å². The topological polar surface area (TPSA) is 40.5 Å². The maximum atomic E-state index is 13.8. The number of carbonyl (C=O) groups is 1. The minimum atomic E-state index is -0.384. The smallest absolute Gasteiger partial charge is 0.226 e. The molecule has 114 valence electrons. The molecule has 1 amide bonds. The molecule has 1 aliphatic heterocycles. The van der Waals surface area contributed by atoms with Crippen LogP contribution in [0.15, 0.2) is 24.3 Å². The zero-order valence-corrected chi connectivity index (χ0v) is 12.3. The third-order valence-electron chi connectivity index (χ3n) is 4.69. The Kier molecular flexibility index (Phi) is 3.98. The molecule has 21 heavy (non-hydrogen) atoms. The Bertz CT molecular complexity index is 531. The lowest BCUT2D eigenvalue weighted by atomic mass is 10.1. The maximum Gasteiger partial charge on any atom is 0.226 e. The normalized spacial score (nSPS) is 29.5. The van der Waals surface area contributed by atoms with E-state index in [1.807, 2.05) is 11.0 Å². The Balaban J connectivity index is 1.66. The highest BCUT2D eigenvalue weighted by molar-refractivity contribution is 5.83. The maximum absolute atomic E-state index is 13.8.